The van der Waals surface area contributed by atoms with Crippen LogP contribution in [0, 0.1) is 6.92 Å². The van der Waals surface area contributed by atoms with Gasteiger partial charge in [0.25, 0.3) is 0 Å². The SMILES string of the molecule is Cc1ccnc(N2CCN(c3cncc(-c4cnn(C)c4)n3)CC2)c1. The van der Waals surface area contributed by atoms with Gasteiger partial charge in [-0.1, -0.05) is 0 Å². The van der Waals surface area contributed by atoms with E-state index in [0.717, 1.165) is 49.1 Å². The fourth-order valence-corrected chi connectivity index (χ4v) is 3.06. The second-order valence-electron chi connectivity index (χ2n) is 6.33. The number of hydrogen-bond donors (Lipinski definition) is 0. The summed E-state index contributed by atoms with van der Waals surface area (Å²) < 4.78 is 1.78. The van der Waals surface area contributed by atoms with E-state index in [1.807, 2.05) is 37.9 Å². The predicted octanol–water partition coefficient (Wildman–Crippen LogP) is 1.91. The molecule has 0 bridgehead atoms. The third-order valence-electron chi connectivity index (χ3n) is 4.45. The van der Waals surface area contributed by atoms with Crippen molar-refractivity contribution in [1.29, 1.82) is 0 Å². The normalized spacial score (nSPS) is 14.8. The molecule has 7 heteroatoms. The molecule has 1 saturated heterocycles. The van der Waals surface area contributed by atoms with Gasteiger partial charge in [0.15, 0.2) is 0 Å². The molecule has 128 valence electrons. The van der Waals surface area contributed by atoms with Gasteiger partial charge in [0, 0.05) is 51.2 Å². The first kappa shape index (κ1) is 15.6. The van der Waals surface area contributed by atoms with Gasteiger partial charge in [-0.2, -0.15) is 5.10 Å². The Hall–Kier alpha value is -2.96. The van der Waals surface area contributed by atoms with Crippen LogP contribution in [0.1, 0.15) is 5.56 Å². The fourth-order valence-electron chi connectivity index (χ4n) is 3.06. The third-order valence-corrected chi connectivity index (χ3v) is 4.45. The molecule has 25 heavy (non-hydrogen) atoms. The van der Waals surface area contributed by atoms with Crippen LogP contribution in [0.4, 0.5) is 11.6 Å². The molecule has 1 aliphatic heterocycles. The Morgan fingerprint density at radius 1 is 0.960 bits per heavy atom. The van der Waals surface area contributed by atoms with Crippen molar-refractivity contribution in [1.82, 2.24) is 24.7 Å². The quantitative estimate of drug-likeness (QED) is 0.728. The molecule has 4 heterocycles. The zero-order valence-corrected chi connectivity index (χ0v) is 14.5. The number of hydrogen-bond acceptors (Lipinski definition) is 6. The van der Waals surface area contributed by atoms with Crippen molar-refractivity contribution in [2.45, 2.75) is 6.92 Å². The third kappa shape index (κ3) is 3.31. The molecule has 0 spiro atoms. The number of pyridine rings is 1. The average Bonchev–Trinajstić information content (AvgIpc) is 3.08. The first-order valence-electron chi connectivity index (χ1n) is 8.43. The average molecular weight is 335 g/mol. The molecule has 0 atom stereocenters. The topological polar surface area (TPSA) is 63.0 Å². The summed E-state index contributed by atoms with van der Waals surface area (Å²) in [5.41, 5.74) is 3.08. The van der Waals surface area contributed by atoms with Crippen molar-refractivity contribution < 1.29 is 0 Å². The highest BCUT2D eigenvalue weighted by Crippen LogP contribution is 2.21. The summed E-state index contributed by atoms with van der Waals surface area (Å²) in [4.78, 5) is 18.2. The summed E-state index contributed by atoms with van der Waals surface area (Å²) in [6, 6.07) is 4.16. The zero-order chi connectivity index (χ0) is 17.2. The van der Waals surface area contributed by atoms with Crippen LogP contribution in [-0.4, -0.2) is 50.9 Å². The molecule has 0 aromatic carbocycles. The van der Waals surface area contributed by atoms with Gasteiger partial charge in [0.05, 0.1) is 24.3 Å². The van der Waals surface area contributed by atoms with Gasteiger partial charge in [0.2, 0.25) is 0 Å². The molecule has 7 nitrogen and oxygen atoms in total. The van der Waals surface area contributed by atoms with Crippen molar-refractivity contribution in [3.8, 4) is 11.3 Å². The van der Waals surface area contributed by atoms with Crippen LogP contribution in [0.25, 0.3) is 11.3 Å². The van der Waals surface area contributed by atoms with Crippen molar-refractivity contribution in [3.05, 3.63) is 48.7 Å². The lowest BCUT2D eigenvalue weighted by atomic mass is 10.2. The minimum Gasteiger partial charge on any atom is -0.353 e. The number of rotatable bonds is 3. The maximum absolute atomic E-state index is 4.77. The largest absolute Gasteiger partial charge is 0.353 e. The highest BCUT2D eigenvalue weighted by atomic mass is 15.3. The van der Waals surface area contributed by atoms with E-state index in [4.69, 9.17) is 4.98 Å². The Balaban J connectivity index is 1.47. The summed E-state index contributed by atoms with van der Waals surface area (Å²) >= 11 is 0. The maximum atomic E-state index is 4.77. The van der Waals surface area contributed by atoms with Crippen LogP contribution in [0.3, 0.4) is 0 Å². The summed E-state index contributed by atoms with van der Waals surface area (Å²) in [7, 11) is 1.90. The standard InChI is InChI=1S/C18H21N7/c1-14-3-4-20-17(9-14)24-5-7-25(8-6-24)18-12-19-11-16(22-18)15-10-21-23(2)13-15/h3-4,9-13H,5-8H2,1-2H3. The van der Waals surface area contributed by atoms with Gasteiger partial charge in [-0.3, -0.25) is 9.67 Å². The van der Waals surface area contributed by atoms with E-state index in [1.165, 1.54) is 5.56 Å². The molecule has 1 aliphatic rings. The summed E-state index contributed by atoms with van der Waals surface area (Å²) in [6.45, 7) is 5.76. The molecule has 0 amide bonds. The Morgan fingerprint density at radius 2 is 1.72 bits per heavy atom. The second-order valence-corrected chi connectivity index (χ2v) is 6.33. The van der Waals surface area contributed by atoms with Crippen LogP contribution >= 0.6 is 0 Å². The van der Waals surface area contributed by atoms with Crippen LogP contribution in [0.15, 0.2) is 43.1 Å². The molecular formula is C18H21N7. The Bertz CT molecular complexity index is 865. The van der Waals surface area contributed by atoms with Crippen LogP contribution in [-0.2, 0) is 7.05 Å². The maximum Gasteiger partial charge on any atom is 0.147 e. The Labute approximate surface area is 147 Å². The van der Waals surface area contributed by atoms with Gasteiger partial charge in [-0.05, 0) is 24.6 Å². The van der Waals surface area contributed by atoms with Crippen molar-refractivity contribution in [2.24, 2.45) is 7.05 Å². The highest BCUT2D eigenvalue weighted by molar-refractivity contribution is 5.58. The van der Waals surface area contributed by atoms with E-state index in [-0.39, 0.29) is 0 Å². The molecule has 3 aromatic rings. The number of aryl methyl sites for hydroxylation is 2. The van der Waals surface area contributed by atoms with Gasteiger partial charge in [0.1, 0.15) is 11.6 Å². The first-order valence-corrected chi connectivity index (χ1v) is 8.43. The lowest BCUT2D eigenvalue weighted by Crippen LogP contribution is -2.47. The number of aromatic nitrogens is 5. The Morgan fingerprint density at radius 3 is 2.40 bits per heavy atom. The van der Waals surface area contributed by atoms with E-state index >= 15 is 0 Å². The minimum absolute atomic E-state index is 0.855. The molecule has 0 unspecified atom stereocenters. The lowest BCUT2D eigenvalue weighted by molar-refractivity contribution is 0.640. The molecule has 4 rings (SSSR count). The van der Waals surface area contributed by atoms with Crippen molar-refractivity contribution in [2.75, 3.05) is 36.0 Å². The Kier molecular flexibility index (Phi) is 4.05. The van der Waals surface area contributed by atoms with E-state index in [1.54, 1.807) is 10.9 Å². The van der Waals surface area contributed by atoms with Crippen molar-refractivity contribution >= 4 is 11.6 Å². The lowest BCUT2D eigenvalue weighted by Gasteiger charge is -2.36. The molecule has 3 aromatic heterocycles. The van der Waals surface area contributed by atoms with E-state index in [9.17, 15) is 0 Å². The second kappa shape index (κ2) is 6.51. The van der Waals surface area contributed by atoms with Crippen LogP contribution < -0.4 is 9.80 Å². The monoisotopic (exact) mass is 335 g/mol. The van der Waals surface area contributed by atoms with Crippen LogP contribution in [0.2, 0.25) is 0 Å². The highest BCUT2D eigenvalue weighted by Gasteiger charge is 2.20. The van der Waals surface area contributed by atoms with E-state index in [0.29, 0.717) is 0 Å². The predicted molar refractivity (Wildman–Crippen MR) is 97.6 cm³/mol. The van der Waals surface area contributed by atoms with Gasteiger partial charge in [-0.25, -0.2) is 9.97 Å². The number of nitrogens with zero attached hydrogens (tertiary/aromatic N) is 7. The van der Waals surface area contributed by atoms with Crippen molar-refractivity contribution in [3.63, 3.8) is 0 Å². The molecular weight excluding hydrogens is 314 g/mol. The van der Waals surface area contributed by atoms with Gasteiger partial charge in [-0.15, -0.1) is 0 Å². The van der Waals surface area contributed by atoms with E-state index in [2.05, 4.69) is 37.9 Å². The van der Waals surface area contributed by atoms with Crippen LogP contribution in [0.5, 0.6) is 0 Å². The smallest absolute Gasteiger partial charge is 0.147 e. The first-order chi connectivity index (χ1) is 12.2. The zero-order valence-electron chi connectivity index (χ0n) is 14.5. The van der Waals surface area contributed by atoms with Gasteiger partial charge < -0.3 is 9.80 Å². The molecule has 0 N–H and O–H groups in total. The van der Waals surface area contributed by atoms with Gasteiger partial charge >= 0.3 is 0 Å². The van der Waals surface area contributed by atoms with E-state index < -0.39 is 0 Å². The number of piperazine rings is 1. The summed E-state index contributed by atoms with van der Waals surface area (Å²) in [5.74, 6) is 1.97. The summed E-state index contributed by atoms with van der Waals surface area (Å²) in [5, 5.41) is 4.21. The summed E-state index contributed by atoms with van der Waals surface area (Å²) in [6.07, 6.45) is 9.26. The molecule has 0 radical (unpaired) electrons. The molecule has 1 fully saturated rings. The minimum atomic E-state index is 0.855. The molecule has 0 saturated carbocycles. The fraction of sp³-hybridized carbons (Fsp3) is 0.333. The number of anilines is 2. The molecule has 0 aliphatic carbocycles.